The molecule has 0 aliphatic carbocycles. The highest BCUT2D eigenvalue weighted by molar-refractivity contribution is 8.00. The molecule has 35 heavy (non-hydrogen) atoms. The first-order valence-electron chi connectivity index (χ1n) is 11.7. The smallest absolute Gasteiger partial charge is 0.252 e. The van der Waals surface area contributed by atoms with E-state index in [1.54, 1.807) is 30.3 Å². The lowest BCUT2D eigenvalue weighted by Gasteiger charge is -2.18. The van der Waals surface area contributed by atoms with E-state index < -0.39 is 0 Å². The number of carbonyl (C=O) groups is 2. The fourth-order valence-electron chi connectivity index (χ4n) is 4.12. The van der Waals surface area contributed by atoms with Crippen molar-refractivity contribution >= 4 is 29.3 Å². The van der Waals surface area contributed by atoms with Crippen LogP contribution in [0, 0.1) is 11.3 Å². The molecule has 0 unspecified atom stereocenters. The predicted molar refractivity (Wildman–Crippen MR) is 139 cm³/mol. The van der Waals surface area contributed by atoms with Gasteiger partial charge in [0.2, 0.25) is 5.91 Å². The number of hydrogen-bond donors (Lipinski definition) is 2. The van der Waals surface area contributed by atoms with Gasteiger partial charge in [0.15, 0.2) is 0 Å². The Hall–Kier alpha value is -3.60. The Morgan fingerprint density at radius 2 is 1.69 bits per heavy atom. The summed E-state index contributed by atoms with van der Waals surface area (Å²) in [6, 6.07) is 24.4. The molecule has 0 saturated carbocycles. The average molecular weight is 485 g/mol. The minimum absolute atomic E-state index is 0.153. The molecule has 1 heterocycles. The van der Waals surface area contributed by atoms with Crippen LogP contribution in [0.1, 0.15) is 39.9 Å². The molecule has 3 aromatic rings. The monoisotopic (exact) mass is 484 g/mol. The largest absolute Gasteiger partial charge is 0.348 e. The molecule has 1 fully saturated rings. The summed E-state index contributed by atoms with van der Waals surface area (Å²) >= 11 is 1.31. The Morgan fingerprint density at radius 3 is 2.49 bits per heavy atom. The lowest BCUT2D eigenvalue weighted by atomic mass is 10.1. The van der Waals surface area contributed by atoms with E-state index >= 15 is 0 Å². The van der Waals surface area contributed by atoms with Gasteiger partial charge in [0.1, 0.15) is 0 Å². The number of hydrogen-bond acceptors (Lipinski definition) is 5. The van der Waals surface area contributed by atoms with Crippen molar-refractivity contribution in [3.8, 4) is 6.07 Å². The molecule has 0 aromatic heterocycles. The van der Waals surface area contributed by atoms with E-state index in [1.807, 2.05) is 30.3 Å². The highest BCUT2D eigenvalue weighted by Gasteiger charge is 2.16. The molecule has 1 aliphatic rings. The fraction of sp³-hybridized carbons (Fsp3) is 0.250. The third kappa shape index (κ3) is 6.95. The van der Waals surface area contributed by atoms with E-state index in [2.05, 4.69) is 33.7 Å². The molecule has 4 rings (SSSR count). The maximum Gasteiger partial charge on any atom is 0.252 e. The normalized spacial score (nSPS) is 13.2. The number of nitrogens with one attached hydrogen (secondary N) is 2. The summed E-state index contributed by atoms with van der Waals surface area (Å²) in [5.41, 5.74) is 3.98. The number of rotatable bonds is 9. The minimum atomic E-state index is -0.198. The van der Waals surface area contributed by atoms with Crippen LogP contribution in [-0.4, -0.2) is 35.6 Å². The van der Waals surface area contributed by atoms with Crippen molar-refractivity contribution in [2.45, 2.75) is 30.8 Å². The third-order valence-corrected chi connectivity index (χ3v) is 6.99. The first-order chi connectivity index (χ1) is 17.1. The summed E-state index contributed by atoms with van der Waals surface area (Å²) < 4.78 is 0. The number of carbonyl (C=O) groups excluding carboxylic acids is 2. The van der Waals surface area contributed by atoms with Gasteiger partial charge in [0.25, 0.3) is 5.91 Å². The lowest BCUT2D eigenvalue weighted by Crippen LogP contribution is -2.25. The van der Waals surface area contributed by atoms with Crippen LogP contribution in [0.3, 0.4) is 0 Å². The van der Waals surface area contributed by atoms with Gasteiger partial charge in [-0.25, -0.2) is 0 Å². The zero-order valence-electron chi connectivity index (χ0n) is 19.5. The van der Waals surface area contributed by atoms with Gasteiger partial charge in [-0.15, -0.1) is 11.8 Å². The van der Waals surface area contributed by atoms with Gasteiger partial charge < -0.3 is 10.6 Å². The molecule has 2 N–H and O–H groups in total. The van der Waals surface area contributed by atoms with Gasteiger partial charge in [-0.05, 0) is 67.4 Å². The number of likely N-dealkylation sites (tertiary alicyclic amines) is 1. The highest BCUT2D eigenvalue weighted by atomic mass is 32.2. The third-order valence-electron chi connectivity index (χ3n) is 5.92. The maximum atomic E-state index is 13.0. The summed E-state index contributed by atoms with van der Waals surface area (Å²) in [6.45, 7) is 3.62. The molecular formula is C28H28N4O2S. The summed E-state index contributed by atoms with van der Waals surface area (Å²) in [6.07, 6.45) is 2.50. The van der Waals surface area contributed by atoms with Crippen molar-refractivity contribution in [3.05, 3.63) is 95.1 Å². The summed E-state index contributed by atoms with van der Waals surface area (Å²) in [7, 11) is 0. The van der Waals surface area contributed by atoms with Gasteiger partial charge in [-0.1, -0.05) is 42.5 Å². The fourth-order valence-corrected chi connectivity index (χ4v) is 4.97. The molecule has 2 amide bonds. The second-order valence-electron chi connectivity index (χ2n) is 8.46. The van der Waals surface area contributed by atoms with Crippen LogP contribution in [0.25, 0.3) is 0 Å². The number of anilines is 1. The van der Waals surface area contributed by atoms with Crippen LogP contribution in [0.2, 0.25) is 0 Å². The summed E-state index contributed by atoms with van der Waals surface area (Å²) in [5, 5.41) is 14.9. The van der Waals surface area contributed by atoms with E-state index in [0.29, 0.717) is 23.4 Å². The van der Waals surface area contributed by atoms with Crippen LogP contribution in [-0.2, 0) is 17.9 Å². The van der Waals surface area contributed by atoms with E-state index in [9.17, 15) is 9.59 Å². The van der Waals surface area contributed by atoms with Crippen LogP contribution in [0.4, 0.5) is 5.69 Å². The van der Waals surface area contributed by atoms with Crippen molar-refractivity contribution in [2.24, 2.45) is 0 Å². The van der Waals surface area contributed by atoms with Crippen LogP contribution in [0.15, 0.2) is 77.7 Å². The standard InChI is InChI=1S/C28H28N4O2S/c29-17-21-8-7-11-24(16-21)31-27(33)20-35-26-13-4-3-12-25(26)28(34)30-18-22-9-1-2-10-23(22)19-32-14-5-6-15-32/h1-4,7-13,16H,5-6,14-15,18-20H2,(H,30,34)(H,31,33). The van der Waals surface area contributed by atoms with E-state index in [1.165, 1.54) is 30.2 Å². The predicted octanol–water partition coefficient (Wildman–Crippen LogP) is 4.81. The number of nitrogens with zero attached hydrogens (tertiary/aromatic N) is 2. The Kier molecular flexibility index (Phi) is 8.55. The SMILES string of the molecule is N#Cc1cccc(NC(=O)CSc2ccccc2C(=O)NCc2ccccc2CN2CCCC2)c1. The molecule has 3 aromatic carbocycles. The molecule has 0 bridgehead atoms. The van der Waals surface area contributed by atoms with Gasteiger partial charge in [-0.2, -0.15) is 5.26 Å². The number of nitriles is 1. The molecule has 178 valence electrons. The zero-order valence-corrected chi connectivity index (χ0v) is 20.3. The van der Waals surface area contributed by atoms with Gasteiger partial charge in [0.05, 0.1) is 22.9 Å². The number of thioether (sulfide) groups is 1. The Labute approximate surface area is 210 Å². The van der Waals surface area contributed by atoms with Crippen molar-refractivity contribution in [2.75, 3.05) is 24.2 Å². The van der Waals surface area contributed by atoms with E-state index in [-0.39, 0.29) is 17.6 Å². The van der Waals surface area contributed by atoms with Crippen LogP contribution < -0.4 is 10.6 Å². The van der Waals surface area contributed by atoms with Crippen molar-refractivity contribution in [1.29, 1.82) is 5.26 Å². The summed E-state index contributed by atoms with van der Waals surface area (Å²) in [4.78, 5) is 28.7. The molecule has 0 atom stereocenters. The van der Waals surface area contributed by atoms with Crippen molar-refractivity contribution < 1.29 is 9.59 Å². The molecular weight excluding hydrogens is 456 g/mol. The average Bonchev–Trinajstić information content (AvgIpc) is 3.40. The van der Waals surface area contributed by atoms with Gasteiger partial charge in [-0.3, -0.25) is 14.5 Å². The quantitative estimate of drug-likeness (QED) is 0.426. The molecule has 0 spiro atoms. The van der Waals surface area contributed by atoms with Crippen LogP contribution in [0.5, 0.6) is 0 Å². The number of benzene rings is 3. The second-order valence-corrected chi connectivity index (χ2v) is 9.48. The number of amides is 2. The first kappa shape index (κ1) is 24.5. The molecule has 7 heteroatoms. The Bertz CT molecular complexity index is 1230. The van der Waals surface area contributed by atoms with Gasteiger partial charge >= 0.3 is 0 Å². The summed E-state index contributed by atoms with van der Waals surface area (Å²) in [5.74, 6) is -0.206. The zero-order chi connectivity index (χ0) is 24.5. The first-order valence-corrected chi connectivity index (χ1v) is 12.7. The molecule has 0 radical (unpaired) electrons. The van der Waals surface area contributed by atoms with Gasteiger partial charge in [0, 0.05) is 23.7 Å². The van der Waals surface area contributed by atoms with Crippen molar-refractivity contribution in [3.63, 3.8) is 0 Å². The lowest BCUT2D eigenvalue weighted by molar-refractivity contribution is -0.113. The molecule has 1 aliphatic heterocycles. The Balaban J connectivity index is 1.35. The highest BCUT2D eigenvalue weighted by Crippen LogP contribution is 2.23. The van der Waals surface area contributed by atoms with Crippen molar-refractivity contribution in [1.82, 2.24) is 10.2 Å². The van der Waals surface area contributed by atoms with E-state index in [4.69, 9.17) is 5.26 Å². The van der Waals surface area contributed by atoms with Crippen LogP contribution >= 0.6 is 11.8 Å². The second kappa shape index (κ2) is 12.2. The van der Waals surface area contributed by atoms with E-state index in [0.717, 1.165) is 30.1 Å². The molecule has 6 nitrogen and oxygen atoms in total. The maximum absolute atomic E-state index is 13.0. The Morgan fingerprint density at radius 1 is 0.943 bits per heavy atom. The molecule has 1 saturated heterocycles. The minimum Gasteiger partial charge on any atom is -0.348 e. The topological polar surface area (TPSA) is 85.2 Å².